The van der Waals surface area contributed by atoms with E-state index >= 15 is 0 Å². The summed E-state index contributed by atoms with van der Waals surface area (Å²) in [5.41, 5.74) is 1.76. The van der Waals surface area contributed by atoms with Gasteiger partial charge in [0.2, 0.25) is 0 Å². The molecule has 1 atom stereocenters. The smallest absolute Gasteiger partial charge is 0.267 e. The van der Waals surface area contributed by atoms with Crippen molar-refractivity contribution in [3.63, 3.8) is 0 Å². The fourth-order valence-electron chi connectivity index (χ4n) is 3.79. The Hall–Kier alpha value is -1.37. The predicted octanol–water partition coefficient (Wildman–Crippen LogP) is 0.921. The summed E-state index contributed by atoms with van der Waals surface area (Å²) in [4.78, 5) is 14.4. The van der Waals surface area contributed by atoms with Crippen LogP contribution in [0.25, 0.3) is 0 Å². The van der Waals surface area contributed by atoms with Crippen molar-refractivity contribution in [2.45, 2.75) is 25.3 Å². The van der Waals surface area contributed by atoms with Gasteiger partial charge in [0.05, 0.1) is 31.3 Å². The van der Waals surface area contributed by atoms with Crippen LogP contribution in [-0.4, -0.2) is 60.4 Å². The van der Waals surface area contributed by atoms with E-state index in [1.54, 1.807) is 7.05 Å². The number of aromatic nitrogens is 1. The Labute approximate surface area is 137 Å². The molecule has 1 amide bonds. The topological polar surface area (TPSA) is 66.7 Å². The first-order chi connectivity index (χ1) is 11.1. The molecule has 23 heavy (non-hydrogen) atoms. The first-order valence-electron chi connectivity index (χ1n) is 8.40. The van der Waals surface area contributed by atoms with Crippen LogP contribution < -0.4 is 5.32 Å². The molecule has 2 saturated heterocycles. The standard InChI is InChI=1S/C17H27N3O3/c1-18-16(22)15-7-6-13(19(15)2)14-5-3-4-8-20(14)9-17(10-21)11-23-12-17/h6-7,14,21H,3-5,8-12H2,1-2H3,(H,18,22)/t14-/m1/s1. The van der Waals surface area contributed by atoms with Crippen molar-refractivity contribution < 1.29 is 14.6 Å². The Bertz CT molecular complexity index is 560. The lowest BCUT2D eigenvalue weighted by atomic mass is 9.84. The number of hydrogen-bond acceptors (Lipinski definition) is 4. The van der Waals surface area contributed by atoms with Gasteiger partial charge in [0.1, 0.15) is 5.69 Å². The molecule has 6 nitrogen and oxygen atoms in total. The SMILES string of the molecule is CNC(=O)c1ccc([C@H]2CCCCN2CC2(CO)COC2)n1C. The van der Waals surface area contributed by atoms with Gasteiger partial charge in [-0.25, -0.2) is 0 Å². The Morgan fingerprint density at radius 2 is 2.22 bits per heavy atom. The van der Waals surface area contributed by atoms with Crippen LogP contribution >= 0.6 is 0 Å². The molecule has 0 aliphatic carbocycles. The van der Waals surface area contributed by atoms with Crippen LogP contribution in [0.1, 0.15) is 41.5 Å². The molecule has 0 bridgehead atoms. The minimum atomic E-state index is -0.107. The van der Waals surface area contributed by atoms with Crippen LogP contribution in [-0.2, 0) is 11.8 Å². The average molecular weight is 321 g/mol. The number of hydrogen-bond donors (Lipinski definition) is 2. The van der Waals surface area contributed by atoms with Crippen molar-refractivity contribution in [2.24, 2.45) is 12.5 Å². The third-order valence-electron chi connectivity index (χ3n) is 5.27. The summed E-state index contributed by atoms with van der Waals surface area (Å²) >= 11 is 0. The van der Waals surface area contributed by atoms with Crippen molar-refractivity contribution in [1.29, 1.82) is 0 Å². The van der Waals surface area contributed by atoms with Gasteiger partial charge < -0.3 is 19.7 Å². The molecule has 128 valence electrons. The number of carbonyl (C=O) groups excluding carboxylic acids is 1. The highest BCUT2D eigenvalue weighted by molar-refractivity contribution is 5.92. The number of aliphatic hydroxyl groups excluding tert-OH is 1. The number of rotatable bonds is 5. The van der Waals surface area contributed by atoms with Crippen molar-refractivity contribution in [2.75, 3.05) is 40.0 Å². The zero-order valence-electron chi connectivity index (χ0n) is 14.0. The third-order valence-corrected chi connectivity index (χ3v) is 5.27. The molecule has 2 fully saturated rings. The van der Waals surface area contributed by atoms with Gasteiger partial charge in [-0.1, -0.05) is 6.42 Å². The van der Waals surface area contributed by atoms with Crippen LogP contribution in [0, 0.1) is 5.41 Å². The van der Waals surface area contributed by atoms with E-state index in [0.717, 1.165) is 19.5 Å². The van der Waals surface area contributed by atoms with Crippen molar-refractivity contribution >= 4 is 5.91 Å². The van der Waals surface area contributed by atoms with E-state index in [9.17, 15) is 9.90 Å². The minimum Gasteiger partial charge on any atom is -0.396 e. The first kappa shape index (κ1) is 16.5. The minimum absolute atomic E-state index is 0.0552. The molecule has 6 heteroatoms. The Morgan fingerprint density at radius 3 is 2.83 bits per heavy atom. The summed E-state index contributed by atoms with van der Waals surface area (Å²) in [6.45, 7) is 3.35. The second-order valence-electron chi connectivity index (χ2n) is 6.91. The number of nitrogens with one attached hydrogen (secondary N) is 1. The van der Waals surface area contributed by atoms with Gasteiger partial charge in [-0.3, -0.25) is 9.69 Å². The quantitative estimate of drug-likeness (QED) is 0.846. The molecule has 0 aromatic carbocycles. The summed E-state index contributed by atoms with van der Waals surface area (Å²) in [6, 6.07) is 4.27. The van der Waals surface area contributed by atoms with E-state index in [0.29, 0.717) is 24.9 Å². The second kappa shape index (κ2) is 6.63. The number of ether oxygens (including phenoxy) is 1. The van der Waals surface area contributed by atoms with Gasteiger partial charge >= 0.3 is 0 Å². The van der Waals surface area contributed by atoms with Crippen molar-refractivity contribution in [1.82, 2.24) is 14.8 Å². The second-order valence-corrected chi connectivity index (χ2v) is 6.91. The van der Waals surface area contributed by atoms with Gasteiger partial charge in [-0.05, 0) is 31.5 Å². The van der Waals surface area contributed by atoms with Crippen molar-refractivity contribution in [3.05, 3.63) is 23.5 Å². The lowest BCUT2D eigenvalue weighted by Crippen LogP contribution is -2.54. The van der Waals surface area contributed by atoms with Crippen LogP contribution in [0.15, 0.2) is 12.1 Å². The number of amides is 1. The lowest BCUT2D eigenvalue weighted by Gasteiger charge is -2.46. The van der Waals surface area contributed by atoms with Gasteiger partial charge in [-0.15, -0.1) is 0 Å². The molecule has 2 N–H and O–H groups in total. The van der Waals surface area contributed by atoms with Crippen LogP contribution in [0.4, 0.5) is 0 Å². The van der Waals surface area contributed by atoms with Gasteiger partial charge in [0.25, 0.3) is 5.91 Å². The number of piperidine rings is 1. The summed E-state index contributed by atoms with van der Waals surface area (Å²) in [7, 11) is 3.62. The number of carbonyl (C=O) groups is 1. The summed E-state index contributed by atoms with van der Waals surface area (Å²) in [6.07, 6.45) is 3.48. The fraction of sp³-hybridized carbons (Fsp3) is 0.706. The number of likely N-dealkylation sites (tertiary alicyclic amines) is 1. The van der Waals surface area contributed by atoms with Crippen LogP contribution in [0.3, 0.4) is 0 Å². The van der Waals surface area contributed by atoms with Gasteiger partial charge in [0.15, 0.2) is 0 Å². The predicted molar refractivity (Wildman–Crippen MR) is 87.3 cm³/mol. The molecule has 0 spiro atoms. The van der Waals surface area contributed by atoms with Crippen molar-refractivity contribution in [3.8, 4) is 0 Å². The zero-order valence-corrected chi connectivity index (χ0v) is 14.0. The zero-order chi connectivity index (χ0) is 16.4. The van der Waals surface area contributed by atoms with E-state index in [2.05, 4.69) is 16.3 Å². The molecule has 2 aliphatic rings. The molecule has 1 aromatic rings. The van der Waals surface area contributed by atoms with E-state index < -0.39 is 0 Å². The highest BCUT2D eigenvalue weighted by atomic mass is 16.5. The number of aliphatic hydroxyl groups is 1. The molecule has 2 aliphatic heterocycles. The lowest BCUT2D eigenvalue weighted by molar-refractivity contribution is -0.154. The normalized spacial score (nSPS) is 24.2. The maximum absolute atomic E-state index is 11.9. The highest BCUT2D eigenvalue weighted by Gasteiger charge is 2.42. The van der Waals surface area contributed by atoms with Gasteiger partial charge in [0, 0.05) is 26.3 Å². The summed E-state index contributed by atoms with van der Waals surface area (Å²) in [5, 5.41) is 12.4. The molecular weight excluding hydrogens is 294 g/mol. The third kappa shape index (κ3) is 3.03. The molecular formula is C17H27N3O3. The summed E-state index contributed by atoms with van der Waals surface area (Å²) < 4.78 is 7.35. The molecule has 3 heterocycles. The molecule has 0 unspecified atom stereocenters. The molecule has 0 radical (unpaired) electrons. The van der Waals surface area contributed by atoms with E-state index in [-0.39, 0.29) is 17.9 Å². The fourth-order valence-corrected chi connectivity index (χ4v) is 3.79. The highest BCUT2D eigenvalue weighted by Crippen LogP contribution is 2.36. The van der Waals surface area contributed by atoms with E-state index in [1.165, 1.54) is 18.5 Å². The van der Waals surface area contributed by atoms with Gasteiger partial charge in [-0.2, -0.15) is 0 Å². The van der Waals surface area contributed by atoms with Crippen LogP contribution in [0.2, 0.25) is 0 Å². The molecule has 3 rings (SSSR count). The van der Waals surface area contributed by atoms with E-state index in [1.807, 2.05) is 17.7 Å². The maximum Gasteiger partial charge on any atom is 0.267 e. The monoisotopic (exact) mass is 321 g/mol. The summed E-state index contributed by atoms with van der Waals surface area (Å²) in [5.74, 6) is -0.0552. The Kier molecular flexibility index (Phi) is 4.75. The molecule has 0 saturated carbocycles. The largest absolute Gasteiger partial charge is 0.396 e. The Balaban J connectivity index is 1.81. The maximum atomic E-state index is 11.9. The first-order valence-corrected chi connectivity index (χ1v) is 8.40. The average Bonchev–Trinajstić information content (AvgIpc) is 2.92. The van der Waals surface area contributed by atoms with E-state index in [4.69, 9.17) is 4.74 Å². The Morgan fingerprint density at radius 1 is 1.43 bits per heavy atom. The number of nitrogens with zero attached hydrogens (tertiary/aromatic N) is 2. The van der Waals surface area contributed by atoms with Crippen LogP contribution in [0.5, 0.6) is 0 Å². The molecule has 1 aromatic heterocycles.